The molecule has 0 aromatic heterocycles. The number of benzene rings is 1. The van der Waals surface area contributed by atoms with Crippen molar-refractivity contribution in [2.75, 3.05) is 37.1 Å². The molecule has 0 saturated carbocycles. The fourth-order valence-corrected chi connectivity index (χ4v) is 3.15. The minimum atomic E-state index is -0.304. The highest BCUT2D eigenvalue weighted by Gasteiger charge is 2.33. The molecule has 21 heavy (non-hydrogen) atoms. The van der Waals surface area contributed by atoms with Gasteiger partial charge >= 0.3 is 0 Å². The number of halogens is 2. The Kier molecular flexibility index (Phi) is 4.31. The van der Waals surface area contributed by atoms with Crippen molar-refractivity contribution >= 4 is 23.2 Å². The predicted molar refractivity (Wildman–Crippen MR) is 79.4 cm³/mol. The number of nitrogens with zero attached hydrogens (tertiary/aromatic N) is 1. The first-order valence-corrected chi connectivity index (χ1v) is 7.71. The lowest BCUT2D eigenvalue weighted by molar-refractivity contribution is -0.120. The first-order valence-electron chi connectivity index (χ1n) is 7.17. The molecule has 4 nitrogen and oxygen atoms in total. The van der Waals surface area contributed by atoms with Crippen LogP contribution in [0.25, 0.3) is 0 Å². The molecule has 0 bridgehead atoms. The van der Waals surface area contributed by atoms with E-state index in [4.69, 9.17) is 16.3 Å². The van der Waals surface area contributed by atoms with Crippen LogP contribution < -0.4 is 10.2 Å². The van der Waals surface area contributed by atoms with Gasteiger partial charge < -0.3 is 15.0 Å². The quantitative estimate of drug-likeness (QED) is 0.867. The zero-order chi connectivity index (χ0) is 14.8. The molecule has 1 aromatic rings. The van der Waals surface area contributed by atoms with E-state index < -0.39 is 0 Å². The zero-order valence-corrected chi connectivity index (χ0v) is 12.4. The molecule has 2 fully saturated rings. The van der Waals surface area contributed by atoms with Crippen molar-refractivity contribution in [1.82, 2.24) is 5.32 Å². The number of carbonyl (C=O) groups is 1. The van der Waals surface area contributed by atoms with Crippen molar-refractivity contribution in [1.29, 1.82) is 0 Å². The van der Waals surface area contributed by atoms with Crippen LogP contribution >= 0.6 is 11.6 Å². The Morgan fingerprint density at radius 1 is 1.38 bits per heavy atom. The number of amides is 1. The lowest BCUT2D eigenvalue weighted by Gasteiger charge is -2.29. The molecule has 2 atom stereocenters. The van der Waals surface area contributed by atoms with E-state index in [9.17, 15) is 9.18 Å². The van der Waals surface area contributed by atoms with Crippen LogP contribution in [0, 0.1) is 5.82 Å². The number of alkyl halides is 1. The monoisotopic (exact) mass is 312 g/mol. The van der Waals surface area contributed by atoms with Gasteiger partial charge in [0.05, 0.1) is 24.8 Å². The Morgan fingerprint density at radius 3 is 2.76 bits per heavy atom. The number of carbonyl (C=O) groups excluding carboxylic acids is 1. The number of morpholine rings is 1. The van der Waals surface area contributed by atoms with Gasteiger partial charge in [-0.25, -0.2) is 4.39 Å². The van der Waals surface area contributed by atoms with Crippen LogP contribution in [0.2, 0.25) is 0 Å². The molecular formula is C15H18ClFN2O2. The second-order valence-corrected chi connectivity index (χ2v) is 5.77. The van der Waals surface area contributed by atoms with E-state index in [1.165, 1.54) is 6.07 Å². The van der Waals surface area contributed by atoms with E-state index in [-0.39, 0.29) is 23.7 Å². The largest absolute Gasteiger partial charge is 0.378 e. The molecule has 0 radical (unpaired) electrons. The van der Waals surface area contributed by atoms with Crippen molar-refractivity contribution in [3.8, 4) is 0 Å². The van der Waals surface area contributed by atoms with Gasteiger partial charge in [-0.05, 0) is 24.1 Å². The van der Waals surface area contributed by atoms with Crippen molar-refractivity contribution in [3.63, 3.8) is 0 Å². The van der Waals surface area contributed by atoms with E-state index in [1.807, 2.05) is 11.0 Å². The number of rotatable bonds is 3. The minimum absolute atomic E-state index is 0.0221. The van der Waals surface area contributed by atoms with E-state index >= 15 is 0 Å². The van der Waals surface area contributed by atoms with Gasteiger partial charge in [0.15, 0.2) is 0 Å². The van der Waals surface area contributed by atoms with Crippen LogP contribution in [-0.2, 0) is 9.53 Å². The Balaban J connectivity index is 1.79. The fourth-order valence-electron chi connectivity index (χ4n) is 2.94. The van der Waals surface area contributed by atoms with Gasteiger partial charge in [-0.2, -0.15) is 0 Å². The lowest BCUT2D eigenvalue weighted by Crippen LogP contribution is -2.36. The summed E-state index contributed by atoms with van der Waals surface area (Å²) in [7, 11) is 0. The predicted octanol–water partition coefficient (Wildman–Crippen LogP) is 1.87. The van der Waals surface area contributed by atoms with Crippen LogP contribution in [0.3, 0.4) is 0 Å². The minimum Gasteiger partial charge on any atom is -0.378 e. The van der Waals surface area contributed by atoms with Crippen molar-refractivity contribution in [2.24, 2.45) is 0 Å². The summed E-state index contributed by atoms with van der Waals surface area (Å²) in [6.07, 6.45) is 0.624. The first-order chi connectivity index (χ1) is 10.2. The van der Waals surface area contributed by atoms with E-state index in [0.717, 1.165) is 5.56 Å². The van der Waals surface area contributed by atoms with Crippen LogP contribution in [0.5, 0.6) is 0 Å². The number of hydrogen-bond acceptors (Lipinski definition) is 3. The topological polar surface area (TPSA) is 41.6 Å². The Bertz CT molecular complexity index is 534. The average Bonchev–Trinajstić information content (AvgIpc) is 2.89. The second-order valence-electron chi connectivity index (χ2n) is 5.46. The van der Waals surface area contributed by atoms with Crippen LogP contribution in [0.15, 0.2) is 18.2 Å². The van der Waals surface area contributed by atoms with Crippen molar-refractivity contribution in [3.05, 3.63) is 29.6 Å². The molecule has 2 saturated heterocycles. The summed E-state index contributed by atoms with van der Waals surface area (Å²) in [5.74, 6) is -0.269. The summed E-state index contributed by atoms with van der Waals surface area (Å²) in [6.45, 7) is 2.61. The summed E-state index contributed by atoms with van der Waals surface area (Å²) in [6, 6.07) is 5.06. The van der Waals surface area contributed by atoms with Gasteiger partial charge in [0.1, 0.15) is 5.82 Å². The third-order valence-corrected chi connectivity index (χ3v) is 4.47. The molecule has 1 aromatic carbocycles. The lowest BCUT2D eigenvalue weighted by atomic mass is 9.95. The van der Waals surface area contributed by atoms with Gasteiger partial charge in [0.25, 0.3) is 0 Å². The normalized spacial score (nSPS) is 26.0. The van der Waals surface area contributed by atoms with Crippen molar-refractivity contribution in [2.45, 2.75) is 18.4 Å². The average molecular weight is 313 g/mol. The first kappa shape index (κ1) is 14.6. The second kappa shape index (κ2) is 6.20. The van der Waals surface area contributed by atoms with Crippen LogP contribution in [0.4, 0.5) is 10.1 Å². The molecule has 1 N–H and O–H groups in total. The molecular weight excluding hydrogens is 295 g/mol. The number of hydrogen-bond donors (Lipinski definition) is 1. The van der Waals surface area contributed by atoms with Gasteiger partial charge in [-0.15, -0.1) is 11.6 Å². The van der Waals surface area contributed by atoms with Gasteiger partial charge in [-0.3, -0.25) is 4.79 Å². The molecule has 3 rings (SSSR count). The summed E-state index contributed by atoms with van der Waals surface area (Å²) < 4.78 is 19.6. The van der Waals surface area contributed by atoms with Gasteiger partial charge in [0.2, 0.25) is 5.91 Å². The molecule has 1 amide bonds. The number of anilines is 1. The molecule has 6 heteroatoms. The summed E-state index contributed by atoms with van der Waals surface area (Å²) >= 11 is 5.78. The SMILES string of the molecule is O=C1N[C@@H](CCl)CC1c1ccc(N2CCOCC2)c(F)c1. The highest BCUT2D eigenvalue weighted by atomic mass is 35.5. The number of ether oxygens (including phenoxy) is 1. The molecule has 0 aliphatic carbocycles. The summed E-state index contributed by atoms with van der Waals surface area (Å²) in [5, 5.41) is 2.83. The fraction of sp³-hybridized carbons (Fsp3) is 0.533. The molecule has 2 heterocycles. The smallest absolute Gasteiger partial charge is 0.227 e. The van der Waals surface area contributed by atoms with E-state index in [0.29, 0.717) is 44.3 Å². The van der Waals surface area contributed by atoms with Crippen molar-refractivity contribution < 1.29 is 13.9 Å². The Hall–Kier alpha value is -1.33. The highest BCUT2D eigenvalue weighted by Crippen LogP contribution is 2.30. The zero-order valence-electron chi connectivity index (χ0n) is 11.6. The van der Waals surface area contributed by atoms with Gasteiger partial charge in [-0.1, -0.05) is 6.07 Å². The van der Waals surface area contributed by atoms with Crippen LogP contribution in [0.1, 0.15) is 17.9 Å². The third-order valence-electron chi connectivity index (χ3n) is 4.10. The molecule has 114 valence electrons. The molecule has 1 unspecified atom stereocenters. The maximum Gasteiger partial charge on any atom is 0.227 e. The summed E-state index contributed by atoms with van der Waals surface area (Å²) in [4.78, 5) is 13.9. The molecule has 2 aliphatic heterocycles. The summed E-state index contributed by atoms with van der Waals surface area (Å²) in [5.41, 5.74) is 1.30. The standard InChI is InChI=1S/C15H18ClFN2O2/c16-9-11-8-12(15(20)18-11)10-1-2-14(13(17)7-10)19-3-5-21-6-4-19/h1-2,7,11-12H,3-6,8-9H2,(H,18,20)/t11-,12?/m1/s1. The maximum atomic E-state index is 14.4. The third kappa shape index (κ3) is 2.99. The maximum absolute atomic E-state index is 14.4. The Labute approximate surface area is 128 Å². The van der Waals surface area contributed by atoms with Crippen LogP contribution in [-0.4, -0.2) is 44.1 Å². The number of nitrogens with one attached hydrogen (secondary N) is 1. The Morgan fingerprint density at radius 2 is 2.14 bits per heavy atom. The van der Waals surface area contributed by atoms with E-state index in [1.54, 1.807) is 6.07 Å². The molecule has 2 aliphatic rings. The van der Waals surface area contributed by atoms with E-state index in [2.05, 4.69) is 5.32 Å². The highest BCUT2D eigenvalue weighted by molar-refractivity contribution is 6.18. The van der Waals surface area contributed by atoms with Gasteiger partial charge in [0, 0.05) is 25.0 Å². The molecule has 0 spiro atoms.